The van der Waals surface area contributed by atoms with Crippen LogP contribution in [0.15, 0.2) is 60.8 Å². The average Bonchev–Trinajstić information content (AvgIpc) is 3.69. The van der Waals surface area contributed by atoms with Crippen molar-refractivity contribution in [3.8, 4) is 5.75 Å². The van der Waals surface area contributed by atoms with E-state index in [2.05, 4.69) is 20.8 Å². The Morgan fingerprint density at radius 2 is 1.54 bits per heavy atom. The highest BCUT2D eigenvalue weighted by molar-refractivity contribution is 6.11. The molecule has 4 aromatic rings. The average molecular weight is 638 g/mol. The molecule has 1 aromatic heterocycles. The van der Waals surface area contributed by atoms with E-state index in [9.17, 15) is 33.1 Å². The number of hydrogen-bond acceptors (Lipinski definition) is 8. The van der Waals surface area contributed by atoms with Gasteiger partial charge in [-0.2, -0.15) is 5.10 Å². The van der Waals surface area contributed by atoms with Crippen LogP contribution in [0.3, 0.4) is 0 Å². The zero-order valence-corrected chi connectivity index (χ0v) is 24.2. The number of aliphatic hydroxyl groups is 1. The Kier molecular flexibility index (Phi) is 9.83. The SMILES string of the molecule is O=C(N[C@@H]1CN(C(=O)O)C[C@H]1NC(=O)c1ccc2cn[nH]c2c1)c1ccc(C(=O)c2c(OCCOCCO)ccc(F)c2F)cc1. The molecule has 0 aliphatic carbocycles. The molecule has 46 heavy (non-hydrogen) atoms. The van der Waals surface area contributed by atoms with Gasteiger partial charge in [0.25, 0.3) is 11.8 Å². The van der Waals surface area contributed by atoms with E-state index in [0.29, 0.717) is 11.1 Å². The van der Waals surface area contributed by atoms with Crippen molar-refractivity contribution in [1.29, 1.82) is 0 Å². The Morgan fingerprint density at radius 1 is 0.891 bits per heavy atom. The third kappa shape index (κ3) is 7.11. The van der Waals surface area contributed by atoms with E-state index in [-0.39, 0.29) is 56.4 Å². The molecule has 3 aromatic carbocycles. The maximum atomic E-state index is 14.8. The summed E-state index contributed by atoms with van der Waals surface area (Å²) >= 11 is 0. The molecule has 2 atom stereocenters. The van der Waals surface area contributed by atoms with Crippen molar-refractivity contribution in [2.45, 2.75) is 12.1 Å². The maximum Gasteiger partial charge on any atom is 0.407 e. The molecule has 240 valence electrons. The van der Waals surface area contributed by atoms with Crippen LogP contribution in [0.1, 0.15) is 36.6 Å². The lowest BCUT2D eigenvalue weighted by atomic mass is 10.00. The highest BCUT2D eigenvalue weighted by Gasteiger charge is 2.37. The number of ketones is 1. The summed E-state index contributed by atoms with van der Waals surface area (Å²) in [5.41, 5.74) is 0.362. The van der Waals surface area contributed by atoms with Crippen molar-refractivity contribution in [1.82, 2.24) is 25.7 Å². The number of aliphatic hydroxyl groups excluding tert-OH is 1. The first-order valence-electron chi connectivity index (χ1n) is 14.1. The molecule has 0 saturated carbocycles. The molecule has 1 saturated heterocycles. The van der Waals surface area contributed by atoms with E-state index in [1.165, 1.54) is 24.3 Å². The van der Waals surface area contributed by atoms with E-state index in [1.54, 1.807) is 24.4 Å². The number of fused-ring (bicyclic) bond motifs is 1. The van der Waals surface area contributed by atoms with Crippen LogP contribution in [0.2, 0.25) is 0 Å². The Labute approximate surface area is 260 Å². The molecule has 0 unspecified atom stereocenters. The summed E-state index contributed by atoms with van der Waals surface area (Å²) in [6.45, 7) is -0.354. The fourth-order valence-electron chi connectivity index (χ4n) is 4.99. The third-order valence-electron chi connectivity index (χ3n) is 7.34. The number of aromatic amines is 1. The van der Waals surface area contributed by atoms with Gasteiger partial charge < -0.3 is 35.2 Å². The van der Waals surface area contributed by atoms with Crippen LogP contribution in [0, 0.1) is 11.6 Å². The first kappa shape index (κ1) is 32.0. The van der Waals surface area contributed by atoms with Crippen molar-refractivity contribution in [3.63, 3.8) is 0 Å². The molecule has 15 heteroatoms. The number of halogens is 2. The molecule has 2 heterocycles. The topological polar surface area (TPSA) is 183 Å². The normalized spacial score (nSPS) is 15.9. The number of likely N-dealkylation sites (tertiary alicyclic amines) is 1. The van der Waals surface area contributed by atoms with Crippen LogP contribution >= 0.6 is 0 Å². The second kappa shape index (κ2) is 14.1. The Morgan fingerprint density at radius 3 is 2.22 bits per heavy atom. The molecular weight excluding hydrogens is 608 g/mol. The van der Waals surface area contributed by atoms with Crippen LogP contribution in [-0.4, -0.2) is 101 Å². The highest BCUT2D eigenvalue weighted by Crippen LogP contribution is 2.27. The fourth-order valence-corrected chi connectivity index (χ4v) is 4.99. The zero-order chi connectivity index (χ0) is 32.8. The van der Waals surface area contributed by atoms with Crippen LogP contribution in [0.25, 0.3) is 10.9 Å². The first-order chi connectivity index (χ1) is 22.2. The van der Waals surface area contributed by atoms with Gasteiger partial charge in [-0.15, -0.1) is 0 Å². The fraction of sp³-hybridized carbons (Fsp3) is 0.258. The number of ether oxygens (including phenoxy) is 2. The van der Waals surface area contributed by atoms with Gasteiger partial charge in [0.05, 0.1) is 43.6 Å². The highest BCUT2D eigenvalue weighted by atomic mass is 19.2. The van der Waals surface area contributed by atoms with E-state index >= 15 is 0 Å². The summed E-state index contributed by atoms with van der Waals surface area (Å²) < 4.78 is 39.3. The summed E-state index contributed by atoms with van der Waals surface area (Å²) in [5.74, 6) is -4.83. The predicted molar refractivity (Wildman–Crippen MR) is 158 cm³/mol. The van der Waals surface area contributed by atoms with Gasteiger partial charge in [0, 0.05) is 35.2 Å². The largest absolute Gasteiger partial charge is 0.490 e. The van der Waals surface area contributed by atoms with Crippen molar-refractivity contribution in [3.05, 3.63) is 94.7 Å². The van der Waals surface area contributed by atoms with Crippen molar-refractivity contribution in [2.24, 2.45) is 0 Å². The Balaban J connectivity index is 1.27. The quantitative estimate of drug-likeness (QED) is 0.115. The summed E-state index contributed by atoms with van der Waals surface area (Å²) in [7, 11) is 0. The van der Waals surface area contributed by atoms with Crippen LogP contribution in [0.5, 0.6) is 5.75 Å². The third-order valence-corrected chi connectivity index (χ3v) is 7.34. The summed E-state index contributed by atoms with van der Waals surface area (Å²) in [6.07, 6.45) is 0.390. The summed E-state index contributed by atoms with van der Waals surface area (Å²) in [6, 6.07) is 10.5. The molecule has 1 aliphatic rings. The number of hydrogen-bond donors (Lipinski definition) is 5. The number of rotatable bonds is 12. The minimum absolute atomic E-state index is 0.0354. The van der Waals surface area contributed by atoms with Gasteiger partial charge in [-0.3, -0.25) is 19.5 Å². The maximum absolute atomic E-state index is 14.8. The number of carbonyl (C=O) groups excluding carboxylic acids is 3. The van der Waals surface area contributed by atoms with Gasteiger partial charge in [-0.1, -0.05) is 18.2 Å². The minimum Gasteiger partial charge on any atom is -0.490 e. The van der Waals surface area contributed by atoms with Crippen LogP contribution < -0.4 is 15.4 Å². The van der Waals surface area contributed by atoms with E-state index < -0.39 is 53.0 Å². The van der Waals surface area contributed by atoms with Gasteiger partial charge in [0.2, 0.25) is 0 Å². The predicted octanol–water partition coefficient (Wildman–Crippen LogP) is 2.35. The van der Waals surface area contributed by atoms with Crippen LogP contribution in [-0.2, 0) is 4.74 Å². The van der Waals surface area contributed by atoms with Gasteiger partial charge in [-0.05, 0) is 36.4 Å². The van der Waals surface area contributed by atoms with Crippen molar-refractivity contribution in [2.75, 3.05) is 39.5 Å². The van der Waals surface area contributed by atoms with Crippen molar-refractivity contribution < 1.29 is 47.6 Å². The molecule has 0 bridgehead atoms. The van der Waals surface area contributed by atoms with Crippen molar-refractivity contribution >= 4 is 34.6 Å². The van der Waals surface area contributed by atoms with E-state index in [1.807, 2.05) is 0 Å². The second-order valence-electron chi connectivity index (χ2n) is 10.3. The number of aromatic nitrogens is 2. The number of amides is 3. The molecule has 1 fully saturated rings. The Bertz CT molecular complexity index is 1760. The molecule has 5 rings (SSSR count). The minimum atomic E-state index is -1.40. The molecule has 0 spiro atoms. The monoisotopic (exact) mass is 637 g/mol. The van der Waals surface area contributed by atoms with Crippen LogP contribution in [0.4, 0.5) is 13.6 Å². The second-order valence-corrected chi connectivity index (χ2v) is 10.3. The molecular formula is C31H29F2N5O8. The number of carboxylic acid groups (broad SMARTS) is 1. The van der Waals surface area contributed by atoms with E-state index in [0.717, 1.165) is 22.4 Å². The molecule has 5 N–H and O–H groups in total. The summed E-state index contributed by atoms with van der Waals surface area (Å²) in [5, 5.41) is 31.4. The molecule has 13 nitrogen and oxygen atoms in total. The van der Waals surface area contributed by atoms with E-state index in [4.69, 9.17) is 14.6 Å². The van der Waals surface area contributed by atoms with Gasteiger partial charge in [-0.25, -0.2) is 13.6 Å². The number of nitrogens with one attached hydrogen (secondary N) is 3. The van der Waals surface area contributed by atoms with Gasteiger partial charge in [0.1, 0.15) is 17.9 Å². The summed E-state index contributed by atoms with van der Waals surface area (Å²) in [4.78, 5) is 52.1. The standard InChI is InChI=1S/C31H29F2N5O8/c32-21-7-8-25(46-12-11-45-10-9-39)26(27(21)33)28(40)17-1-3-18(4-2-17)29(41)35-23-15-38(31(43)44)16-24(23)36-30(42)19-5-6-20-14-34-37-22(20)13-19/h1-8,13-14,23-24,39H,9-12,15-16H2,(H,34,37)(H,35,41)(H,36,42)(H,43,44)/t23-,24-/m1/s1. The number of H-pyrrole nitrogens is 1. The van der Waals surface area contributed by atoms with Gasteiger partial charge >= 0.3 is 6.09 Å². The first-order valence-corrected chi connectivity index (χ1v) is 14.1. The van der Waals surface area contributed by atoms with Gasteiger partial charge in [0.15, 0.2) is 17.4 Å². The number of carbonyl (C=O) groups is 4. The number of nitrogens with zero attached hydrogens (tertiary/aromatic N) is 2. The lowest BCUT2D eigenvalue weighted by Gasteiger charge is -2.21. The molecule has 0 radical (unpaired) electrons. The molecule has 1 aliphatic heterocycles. The smallest absolute Gasteiger partial charge is 0.407 e. The lowest BCUT2D eigenvalue weighted by Crippen LogP contribution is -2.51. The Hall–Kier alpha value is -5.41. The zero-order valence-electron chi connectivity index (χ0n) is 24.2. The lowest BCUT2D eigenvalue weighted by molar-refractivity contribution is 0.0700. The molecule has 3 amide bonds. The number of benzene rings is 3.